The van der Waals surface area contributed by atoms with Crippen LogP contribution in [0.1, 0.15) is 30.7 Å². The van der Waals surface area contributed by atoms with Crippen LogP contribution < -0.4 is 4.74 Å². The minimum Gasteiger partial charge on any atom is -0.493 e. The zero-order valence-corrected chi connectivity index (χ0v) is 12.9. The van der Waals surface area contributed by atoms with Crippen molar-refractivity contribution in [3.8, 4) is 5.75 Å². The number of hydrogen-bond acceptors (Lipinski definition) is 4. The molecule has 6 nitrogen and oxygen atoms in total. The van der Waals surface area contributed by atoms with Crippen LogP contribution in [0, 0.1) is 0 Å². The van der Waals surface area contributed by atoms with Crippen LogP contribution in [0.4, 0.5) is 0 Å². The number of fused-ring (bicyclic) bond motifs is 1. The van der Waals surface area contributed by atoms with E-state index in [1.54, 1.807) is 0 Å². The summed E-state index contributed by atoms with van der Waals surface area (Å²) in [6, 6.07) is 7.46. The Bertz CT molecular complexity index is 582. The fraction of sp³-hybridized carbons (Fsp3) is 0.529. The van der Waals surface area contributed by atoms with E-state index in [1.165, 1.54) is 4.90 Å². The van der Waals surface area contributed by atoms with E-state index in [0.29, 0.717) is 31.9 Å². The standard InChI is InChI=1S/C17H21NO5/c19-16(20)11-18(10-12-4-3-8-22-12)17(21)14-7-9-23-15-6-2-1-5-13(14)15/h1-2,5-6,12,14H,3-4,7-11H2,(H,19,20)/t12-,14+/m1/s1. The van der Waals surface area contributed by atoms with E-state index in [2.05, 4.69) is 0 Å². The van der Waals surface area contributed by atoms with Gasteiger partial charge in [0.1, 0.15) is 12.3 Å². The van der Waals surface area contributed by atoms with Crippen molar-refractivity contribution in [3.63, 3.8) is 0 Å². The highest BCUT2D eigenvalue weighted by atomic mass is 16.5. The number of carboxylic acids is 1. The van der Waals surface area contributed by atoms with Gasteiger partial charge in [0.2, 0.25) is 5.91 Å². The van der Waals surface area contributed by atoms with Crippen LogP contribution in [0.25, 0.3) is 0 Å². The number of nitrogens with zero attached hydrogens (tertiary/aromatic N) is 1. The molecule has 2 heterocycles. The van der Waals surface area contributed by atoms with E-state index in [9.17, 15) is 9.59 Å². The van der Waals surface area contributed by atoms with Gasteiger partial charge in [-0.05, 0) is 25.3 Å². The van der Waals surface area contributed by atoms with E-state index < -0.39 is 5.97 Å². The molecule has 1 aromatic rings. The molecule has 1 saturated heterocycles. The number of benzene rings is 1. The summed E-state index contributed by atoms with van der Waals surface area (Å²) in [7, 11) is 0. The number of para-hydroxylation sites is 1. The second-order valence-corrected chi connectivity index (χ2v) is 5.98. The number of rotatable bonds is 5. The Balaban J connectivity index is 1.78. The van der Waals surface area contributed by atoms with Gasteiger partial charge >= 0.3 is 5.97 Å². The Labute approximate surface area is 135 Å². The maximum absolute atomic E-state index is 12.9. The monoisotopic (exact) mass is 319 g/mol. The molecule has 1 N–H and O–H groups in total. The molecular formula is C17H21NO5. The molecule has 0 radical (unpaired) electrons. The Kier molecular flexibility index (Phi) is 4.81. The van der Waals surface area contributed by atoms with Crippen molar-refractivity contribution in [1.29, 1.82) is 0 Å². The van der Waals surface area contributed by atoms with Gasteiger partial charge in [-0.3, -0.25) is 9.59 Å². The number of carbonyl (C=O) groups is 2. The predicted octanol–water partition coefficient (Wildman–Crippen LogP) is 1.64. The third-order valence-electron chi connectivity index (χ3n) is 4.34. The average Bonchev–Trinajstić information content (AvgIpc) is 3.05. The van der Waals surface area contributed by atoms with Gasteiger partial charge in [-0.15, -0.1) is 0 Å². The minimum absolute atomic E-state index is 0.0617. The third kappa shape index (κ3) is 3.64. The quantitative estimate of drug-likeness (QED) is 0.893. The molecule has 23 heavy (non-hydrogen) atoms. The van der Waals surface area contributed by atoms with Gasteiger partial charge in [0, 0.05) is 18.7 Å². The largest absolute Gasteiger partial charge is 0.493 e. The molecule has 3 rings (SSSR count). The van der Waals surface area contributed by atoms with Crippen LogP contribution in [0.3, 0.4) is 0 Å². The lowest BCUT2D eigenvalue weighted by atomic mass is 9.91. The average molecular weight is 319 g/mol. The summed E-state index contributed by atoms with van der Waals surface area (Å²) in [6.45, 7) is 1.19. The molecule has 1 fully saturated rings. The molecule has 0 unspecified atom stereocenters. The van der Waals surface area contributed by atoms with Crippen molar-refractivity contribution < 1.29 is 24.2 Å². The topological polar surface area (TPSA) is 76.1 Å². The Morgan fingerprint density at radius 1 is 1.22 bits per heavy atom. The number of aliphatic carboxylic acids is 1. The summed E-state index contributed by atoms with van der Waals surface area (Å²) in [4.78, 5) is 25.5. The molecule has 2 aliphatic rings. The zero-order chi connectivity index (χ0) is 16.2. The lowest BCUT2D eigenvalue weighted by molar-refractivity contribution is -0.146. The first-order chi connectivity index (χ1) is 11.1. The smallest absolute Gasteiger partial charge is 0.323 e. The van der Waals surface area contributed by atoms with Crippen molar-refractivity contribution in [1.82, 2.24) is 4.90 Å². The highest BCUT2D eigenvalue weighted by molar-refractivity contribution is 5.87. The van der Waals surface area contributed by atoms with Crippen LogP contribution >= 0.6 is 0 Å². The van der Waals surface area contributed by atoms with Gasteiger partial charge in [-0.2, -0.15) is 0 Å². The number of hydrogen-bond donors (Lipinski definition) is 1. The van der Waals surface area contributed by atoms with Crippen molar-refractivity contribution in [2.45, 2.75) is 31.3 Å². The van der Waals surface area contributed by atoms with Crippen LogP contribution in [-0.4, -0.2) is 54.3 Å². The SMILES string of the molecule is O=C(O)CN(C[C@H]1CCCO1)C(=O)[C@H]1CCOc2ccccc21. The van der Waals surface area contributed by atoms with Crippen LogP contribution in [0.15, 0.2) is 24.3 Å². The fourth-order valence-corrected chi connectivity index (χ4v) is 3.25. The van der Waals surface area contributed by atoms with Gasteiger partial charge in [-0.1, -0.05) is 18.2 Å². The highest BCUT2D eigenvalue weighted by Crippen LogP contribution is 2.34. The molecular weight excluding hydrogens is 298 g/mol. The van der Waals surface area contributed by atoms with Crippen molar-refractivity contribution in [2.24, 2.45) is 0 Å². The maximum Gasteiger partial charge on any atom is 0.323 e. The van der Waals surface area contributed by atoms with E-state index in [1.807, 2.05) is 24.3 Å². The summed E-state index contributed by atoms with van der Waals surface area (Å²) in [5.41, 5.74) is 0.839. The second-order valence-electron chi connectivity index (χ2n) is 5.98. The van der Waals surface area contributed by atoms with Gasteiger partial charge < -0.3 is 19.5 Å². The van der Waals surface area contributed by atoms with E-state index in [0.717, 1.165) is 18.4 Å². The number of carbonyl (C=O) groups excluding carboxylic acids is 1. The fourth-order valence-electron chi connectivity index (χ4n) is 3.25. The lowest BCUT2D eigenvalue weighted by Crippen LogP contribution is -2.44. The highest BCUT2D eigenvalue weighted by Gasteiger charge is 2.33. The summed E-state index contributed by atoms with van der Waals surface area (Å²) >= 11 is 0. The van der Waals surface area contributed by atoms with Crippen LogP contribution in [-0.2, 0) is 14.3 Å². The molecule has 0 spiro atoms. The van der Waals surface area contributed by atoms with Crippen molar-refractivity contribution in [3.05, 3.63) is 29.8 Å². The molecule has 124 valence electrons. The molecule has 0 aromatic heterocycles. The number of ether oxygens (including phenoxy) is 2. The molecule has 2 aliphatic heterocycles. The predicted molar refractivity (Wildman–Crippen MR) is 82.5 cm³/mol. The summed E-state index contributed by atoms with van der Waals surface area (Å²) in [5, 5.41) is 9.14. The number of carboxylic acid groups (broad SMARTS) is 1. The van der Waals surface area contributed by atoms with Gasteiger partial charge in [0.05, 0.1) is 18.6 Å². The van der Waals surface area contributed by atoms with E-state index in [4.69, 9.17) is 14.6 Å². The first-order valence-electron chi connectivity index (χ1n) is 7.99. The third-order valence-corrected chi connectivity index (χ3v) is 4.34. The van der Waals surface area contributed by atoms with Gasteiger partial charge in [0.25, 0.3) is 0 Å². The van der Waals surface area contributed by atoms with Crippen molar-refractivity contribution >= 4 is 11.9 Å². The van der Waals surface area contributed by atoms with E-state index in [-0.39, 0.29) is 24.5 Å². The lowest BCUT2D eigenvalue weighted by Gasteiger charge is -2.31. The van der Waals surface area contributed by atoms with Crippen LogP contribution in [0.2, 0.25) is 0 Å². The normalized spacial score (nSPS) is 23.0. The minimum atomic E-state index is -1.00. The Morgan fingerprint density at radius 2 is 2.04 bits per heavy atom. The zero-order valence-electron chi connectivity index (χ0n) is 12.9. The Morgan fingerprint density at radius 3 is 2.78 bits per heavy atom. The molecule has 0 bridgehead atoms. The molecule has 6 heteroatoms. The van der Waals surface area contributed by atoms with E-state index >= 15 is 0 Å². The maximum atomic E-state index is 12.9. The summed E-state index contributed by atoms with van der Waals surface area (Å²) in [6.07, 6.45) is 2.33. The van der Waals surface area contributed by atoms with Gasteiger partial charge in [0.15, 0.2) is 0 Å². The summed E-state index contributed by atoms with van der Waals surface area (Å²) < 4.78 is 11.1. The summed E-state index contributed by atoms with van der Waals surface area (Å²) in [5.74, 6) is -0.791. The molecule has 0 saturated carbocycles. The first kappa shape index (κ1) is 15.8. The molecule has 2 atom stereocenters. The molecule has 0 aliphatic carbocycles. The molecule has 1 amide bonds. The first-order valence-corrected chi connectivity index (χ1v) is 7.99. The van der Waals surface area contributed by atoms with Crippen molar-refractivity contribution in [2.75, 3.05) is 26.3 Å². The Hall–Kier alpha value is -2.08. The van der Waals surface area contributed by atoms with Crippen LogP contribution in [0.5, 0.6) is 5.75 Å². The number of amides is 1. The molecule has 1 aromatic carbocycles. The van der Waals surface area contributed by atoms with Gasteiger partial charge in [-0.25, -0.2) is 0 Å². The second kappa shape index (κ2) is 7.00.